The molecule has 5 rings (SSSR count). The van der Waals surface area contributed by atoms with Crippen LogP contribution in [0.1, 0.15) is 43.6 Å². The van der Waals surface area contributed by atoms with Crippen LogP contribution in [0.15, 0.2) is 55.0 Å². The van der Waals surface area contributed by atoms with E-state index in [0.29, 0.717) is 29.9 Å². The van der Waals surface area contributed by atoms with Crippen molar-refractivity contribution in [2.24, 2.45) is 5.92 Å². The maximum atomic E-state index is 10.9. The molecule has 1 aliphatic rings. The highest BCUT2D eigenvalue weighted by Crippen LogP contribution is 2.37. The Morgan fingerprint density at radius 2 is 1.75 bits per heavy atom. The van der Waals surface area contributed by atoms with Gasteiger partial charge in [-0.05, 0) is 55.2 Å². The van der Waals surface area contributed by atoms with Crippen molar-refractivity contribution in [2.45, 2.75) is 38.0 Å². The van der Waals surface area contributed by atoms with Gasteiger partial charge in [-0.15, -0.1) is 0 Å². The predicted octanol–water partition coefficient (Wildman–Crippen LogP) is 4.67. The molecule has 0 bridgehead atoms. The minimum absolute atomic E-state index is 0.298. The summed E-state index contributed by atoms with van der Waals surface area (Å²) in [5, 5.41) is 22.9. The highest BCUT2D eigenvalue weighted by Gasteiger charge is 2.24. The summed E-state index contributed by atoms with van der Waals surface area (Å²) in [6, 6.07) is 12.6. The highest BCUT2D eigenvalue weighted by molar-refractivity contribution is 5.67. The summed E-state index contributed by atoms with van der Waals surface area (Å²) in [7, 11) is 0. The molecule has 0 radical (unpaired) electrons. The lowest BCUT2D eigenvalue weighted by molar-refractivity contribution is -0.138. The van der Waals surface area contributed by atoms with E-state index >= 15 is 0 Å². The van der Waals surface area contributed by atoms with Crippen molar-refractivity contribution in [1.29, 1.82) is 0 Å². The van der Waals surface area contributed by atoms with Gasteiger partial charge in [-0.25, -0.2) is 4.98 Å². The summed E-state index contributed by atoms with van der Waals surface area (Å²) in [5.74, 6) is 1.41. The minimum Gasteiger partial charge on any atom is -0.481 e. The highest BCUT2D eigenvalue weighted by atomic mass is 16.4. The largest absolute Gasteiger partial charge is 0.481 e. The zero-order valence-corrected chi connectivity index (χ0v) is 17.5. The van der Waals surface area contributed by atoms with E-state index in [-0.39, 0.29) is 0 Å². The topological polar surface area (TPSA) is 120 Å². The predicted molar refractivity (Wildman–Crippen MR) is 120 cm³/mol. The van der Waals surface area contributed by atoms with Crippen molar-refractivity contribution in [2.75, 3.05) is 0 Å². The first-order valence-electron chi connectivity index (χ1n) is 10.9. The Morgan fingerprint density at radius 3 is 2.41 bits per heavy atom. The SMILES string of the molecule is O=C(O)C[C@H]1CC[C@H](c2ccc(-c3ccc(-c4nc(-c5cn[nH]c5)n[nH]4)cn3)cc2)CC1. The Bertz CT molecular complexity index is 1170. The fourth-order valence-electron chi connectivity index (χ4n) is 4.47. The summed E-state index contributed by atoms with van der Waals surface area (Å²) < 4.78 is 0. The average Bonchev–Trinajstić information content (AvgIpc) is 3.52. The van der Waals surface area contributed by atoms with E-state index in [1.54, 1.807) is 18.6 Å². The van der Waals surface area contributed by atoms with E-state index in [1.807, 2.05) is 12.1 Å². The second-order valence-electron chi connectivity index (χ2n) is 8.36. The molecule has 1 saturated carbocycles. The van der Waals surface area contributed by atoms with Crippen molar-refractivity contribution in [3.8, 4) is 34.0 Å². The summed E-state index contributed by atoms with van der Waals surface area (Å²) in [4.78, 5) is 20.1. The van der Waals surface area contributed by atoms with Crippen LogP contribution in [-0.2, 0) is 4.79 Å². The minimum atomic E-state index is -0.682. The van der Waals surface area contributed by atoms with Gasteiger partial charge in [-0.1, -0.05) is 24.3 Å². The van der Waals surface area contributed by atoms with Crippen LogP contribution in [0.25, 0.3) is 34.0 Å². The van der Waals surface area contributed by atoms with Crippen LogP contribution >= 0.6 is 0 Å². The number of rotatable bonds is 6. The van der Waals surface area contributed by atoms with Gasteiger partial charge in [0.2, 0.25) is 0 Å². The molecule has 0 amide bonds. The van der Waals surface area contributed by atoms with E-state index in [2.05, 4.69) is 54.6 Å². The lowest BCUT2D eigenvalue weighted by Gasteiger charge is -2.28. The van der Waals surface area contributed by atoms with Crippen LogP contribution in [0.4, 0.5) is 0 Å². The number of hydrogen-bond acceptors (Lipinski definition) is 5. The zero-order valence-electron chi connectivity index (χ0n) is 17.5. The molecule has 0 atom stereocenters. The van der Waals surface area contributed by atoms with Crippen LogP contribution in [0, 0.1) is 5.92 Å². The smallest absolute Gasteiger partial charge is 0.303 e. The number of nitrogens with one attached hydrogen (secondary N) is 2. The zero-order chi connectivity index (χ0) is 21.9. The molecule has 3 N–H and O–H groups in total. The van der Waals surface area contributed by atoms with Crippen molar-refractivity contribution in [1.82, 2.24) is 30.4 Å². The number of aliphatic carboxylic acids is 1. The molecular weight excluding hydrogens is 404 g/mol. The quantitative estimate of drug-likeness (QED) is 0.410. The van der Waals surface area contributed by atoms with E-state index < -0.39 is 5.97 Å². The van der Waals surface area contributed by atoms with Gasteiger partial charge in [0.1, 0.15) is 0 Å². The Kier molecular flexibility index (Phi) is 5.49. The van der Waals surface area contributed by atoms with Crippen LogP contribution < -0.4 is 0 Å². The number of pyridine rings is 1. The Morgan fingerprint density at radius 1 is 0.969 bits per heavy atom. The number of aromatic nitrogens is 6. The first-order chi connectivity index (χ1) is 15.7. The van der Waals surface area contributed by atoms with Crippen LogP contribution in [-0.4, -0.2) is 41.4 Å². The molecule has 1 aliphatic carbocycles. The molecular formula is C24H24N6O2. The lowest BCUT2D eigenvalue weighted by atomic mass is 9.77. The van der Waals surface area contributed by atoms with Gasteiger partial charge in [0, 0.05) is 29.9 Å². The van der Waals surface area contributed by atoms with Gasteiger partial charge < -0.3 is 5.11 Å². The van der Waals surface area contributed by atoms with Crippen molar-refractivity contribution < 1.29 is 9.90 Å². The molecule has 162 valence electrons. The van der Waals surface area contributed by atoms with Crippen molar-refractivity contribution >= 4 is 5.97 Å². The standard InChI is InChI=1S/C24H24N6O2/c31-22(32)11-15-1-3-16(4-2-15)17-5-7-18(8-6-17)21-10-9-19(12-25-21)23-28-24(30-29-23)20-13-26-27-14-20/h5-10,12-16H,1-4,11H2,(H,26,27)(H,31,32)(H,28,29,30)/t15-,16-. The number of benzene rings is 1. The molecule has 8 heteroatoms. The van der Waals surface area contributed by atoms with Gasteiger partial charge in [-0.2, -0.15) is 10.2 Å². The number of carboxylic acids is 1. The maximum absolute atomic E-state index is 10.9. The number of carbonyl (C=O) groups is 1. The van der Waals surface area contributed by atoms with Gasteiger partial charge in [-0.3, -0.25) is 20.0 Å². The van der Waals surface area contributed by atoms with E-state index in [4.69, 9.17) is 5.11 Å². The second-order valence-corrected chi connectivity index (χ2v) is 8.36. The Hall–Kier alpha value is -3.81. The molecule has 3 heterocycles. The molecule has 0 saturated heterocycles. The van der Waals surface area contributed by atoms with Crippen molar-refractivity contribution in [3.05, 3.63) is 60.6 Å². The molecule has 4 aromatic rings. The monoisotopic (exact) mass is 428 g/mol. The summed E-state index contributed by atoms with van der Waals surface area (Å²) in [6.45, 7) is 0. The molecule has 1 aromatic carbocycles. The molecule has 1 fully saturated rings. The number of hydrogen-bond donors (Lipinski definition) is 3. The summed E-state index contributed by atoms with van der Waals surface area (Å²) >= 11 is 0. The van der Waals surface area contributed by atoms with Crippen LogP contribution in [0.5, 0.6) is 0 Å². The Balaban J connectivity index is 1.24. The number of carboxylic acid groups (broad SMARTS) is 1. The molecule has 32 heavy (non-hydrogen) atoms. The van der Waals surface area contributed by atoms with Gasteiger partial charge in [0.25, 0.3) is 0 Å². The first kappa shape index (κ1) is 20.1. The average molecular weight is 428 g/mol. The molecule has 0 unspecified atom stereocenters. The fraction of sp³-hybridized carbons (Fsp3) is 0.292. The van der Waals surface area contributed by atoms with Crippen LogP contribution in [0.2, 0.25) is 0 Å². The summed E-state index contributed by atoms with van der Waals surface area (Å²) in [6.07, 6.45) is 9.62. The molecule has 8 nitrogen and oxygen atoms in total. The third-order valence-corrected chi connectivity index (χ3v) is 6.27. The van der Waals surface area contributed by atoms with Gasteiger partial charge in [0.05, 0.1) is 17.5 Å². The van der Waals surface area contributed by atoms with E-state index in [9.17, 15) is 4.79 Å². The van der Waals surface area contributed by atoms with E-state index in [1.165, 1.54) is 5.56 Å². The Labute approximate surface area is 185 Å². The van der Waals surface area contributed by atoms with Gasteiger partial charge in [0.15, 0.2) is 11.6 Å². The number of nitrogens with zero attached hydrogens (tertiary/aromatic N) is 4. The number of H-pyrrole nitrogens is 2. The normalized spacial score (nSPS) is 18.5. The second kappa shape index (κ2) is 8.74. The van der Waals surface area contributed by atoms with E-state index in [0.717, 1.165) is 48.1 Å². The molecule has 0 spiro atoms. The molecule has 3 aromatic heterocycles. The van der Waals surface area contributed by atoms with Crippen molar-refractivity contribution in [3.63, 3.8) is 0 Å². The fourth-order valence-corrected chi connectivity index (χ4v) is 4.47. The van der Waals surface area contributed by atoms with Gasteiger partial charge >= 0.3 is 5.97 Å². The third kappa shape index (κ3) is 4.30. The first-order valence-corrected chi connectivity index (χ1v) is 10.9. The lowest BCUT2D eigenvalue weighted by Crippen LogP contribution is -2.16. The maximum Gasteiger partial charge on any atom is 0.303 e. The molecule has 0 aliphatic heterocycles. The summed E-state index contributed by atoms with van der Waals surface area (Å²) in [5.41, 5.74) is 4.99. The van der Waals surface area contributed by atoms with Crippen LogP contribution in [0.3, 0.4) is 0 Å². The third-order valence-electron chi connectivity index (χ3n) is 6.27. The number of aromatic amines is 2.